The van der Waals surface area contributed by atoms with Crippen LogP contribution in [-0.4, -0.2) is 25.0 Å². The van der Waals surface area contributed by atoms with E-state index in [0.29, 0.717) is 0 Å². The molecular formula is C10H17N. The van der Waals surface area contributed by atoms with Gasteiger partial charge in [0.15, 0.2) is 0 Å². The summed E-state index contributed by atoms with van der Waals surface area (Å²) in [6, 6.07) is 0. The summed E-state index contributed by atoms with van der Waals surface area (Å²) in [4.78, 5) is 2.46. The molecule has 0 N–H and O–H groups in total. The van der Waals surface area contributed by atoms with Crippen LogP contribution >= 0.6 is 0 Å². The first kappa shape index (κ1) is 7.35. The maximum Gasteiger partial charge on any atom is -0.00160 e. The highest BCUT2D eigenvalue weighted by Gasteiger charge is 2.25. The Morgan fingerprint density at radius 3 is 2.55 bits per heavy atom. The van der Waals surface area contributed by atoms with Gasteiger partial charge in [0.1, 0.15) is 0 Å². The monoisotopic (exact) mass is 151 g/mol. The van der Waals surface area contributed by atoms with Gasteiger partial charge in [-0.2, -0.15) is 0 Å². The van der Waals surface area contributed by atoms with E-state index in [0.717, 1.165) is 11.8 Å². The first-order valence-electron chi connectivity index (χ1n) is 4.73. The molecule has 2 aliphatic rings. The first-order chi connectivity index (χ1) is 5.36. The largest absolute Gasteiger partial charge is 0.306 e. The van der Waals surface area contributed by atoms with E-state index in [1.807, 2.05) is 0 Å². The van der Waals surface area contributed by atoms with Crippen molar-refractivity contribution in [2.45, 2.75) is 19.3 Å². The molecule has 0 aromatic heterocycles. The van der Waals surface area contributed by atoms with E-state index in [2.05, 4.69) is 24.1 Å². The van der Waals surface area contributed by atoms with Crippen LogP contribution in [0.25, 0.3) is 0 Å². The minimum Gasteiger partial charge on any atom is -0.306 e. The van der Waals surface area contributed by atoms with Crippen LogP contribution in [0.5, 0.6) is 0 Å². The number of hydrogen-bond acceptors (Lipinski definition) is 1. The fraction of sp³-hybridized carbons (Fsp3) is 0.800. The lowest BCUT2D eigenvalue weighted by molar-refractivity contribution is 0.235. The Labute approximate surface area is 69.1 Å². The van der Waals surface area contributed by atoms with Crippen LogP contribution in [0, 0.1) is 11.8 Å². The Kier molecular flexibility index (Phi) is 1.99. The molecule has 2 unspecified atom stereocenters. The summed E-state index contributed by atoms with van der Waals surface area (Å²) in [5.74, 6) is 1.88. The molecule has 2 rings (SSSR count). The van der Waals surface area contributed by atoms with Crippen LogP contribution in [0.1, 0.15) is 19.3 Å². The Morgan fingerprint density at radius 2 is 1.82 bits per heavy atom. The van der Waals surface area contributed by atoms with E-state index in [9.17, 15) is 0 Å². The molecule has 1 aliphatic carbocycles. The molecule has 2 atom stereocenters. The third-order valence-corrected chi connectivity index (χ3v) is 3.08. The summed E-state index contributed by atoms with van der Waals surface area (Å²) in [6.07, 6.45) is 8.99. The zero-order chi connectivity index (χ0) is 7.68. The number of rotatable bonds is 0. The molecule has 0 radical (unpaired) electrons. The van der Waals surface area contributed by atoms with Crippen LogP contribution < -0.4 is 0 Å². The Hall–Kier alpha value is -0.300. The van der Waals surface area contributed by atoms with Gasteiger partial charge in [0, 0.05) is 0 Å². The van der Waals surface area contributed by atoms with Crippen LogP contribution in [0.3, 0.4) is 0 Å². The van der Waals surface area contributed by atoms with Crippen molar-refractivity contribution in [1.29, 1.82) is 0 Å². The van der Waals surface area contributed by atoms with Crippen molar-refractivity contribution in [3.8, 4) is 0 Å². The van der Waals surface area contributed by atoms with E-state index in [1.165, 1.54) is 32.4 Å². The molecular weight excluding hydrogens is 134 g/mol. The highest BCUT2D eigenvalue weighted by molar-refractivity contribution is 5.09. The quantitative estimate of drug-likeness (QED) is 0.478. The molecule has 11 heavy (non-hydrogen) atoms. The minimum absolute atomic E-state index is 0.928. The number of nitrogens with zero attached hydrogens (tertiary/aromatic N) is 1. The van der Waals surface area contributed by atoms with E-state index >= 15 is 0 Å². The molecule has 0 aromatic rings. The van der Waals surface area contributed by atoms with Crippen LogP contribution in [0.15, 0.2) is 12.2 Å². The van der Waals surface area contributed by atoms with Crippen LogP contribution in [-0.2, 0) is 0 Å². The SMILES string of the molecule is CN1CCCC2C=CC2CC1. The molecule has 1 aliphatic heterocycles. The normalized spacial score (nSPS) is 38.6. The number of fused-ring (bicyclic) bond motifs is 1. The number of allylic oxidation sites excluding steroid dienone is 2. The molecule has 0 bridgehead atoms. The molecule has 0 amide bonds. The second-order valence-electron chi connectivity index (χ2n) is 3.95. The van der Waals surface area contributed by atoms with Crippen molar-refractivity contribution in [3.63, 3.8) is 0 Å². The summed E-state index contributed by atoms with van der Waals surface area (Å²) in [7, 11) is 2.24. The zero-order valence-electron chi connectivity index (χ0n) is 7.29. The van der Waals surface area contributed by atoms with Gasteiger partial charge in [0.05, 0.1) is 0 Å². The van der Waals surface area contributed by atoms with Gasteiger partial charge >= 0.3 is 0 Å². The standard InChI is InChI=1S/C10H17N/c1-11-7-2-3-9-4-5-10(9)6-8-11/h4-5,9-10H,2-3,6-8H2,1H3. The van der Waals surface area contributed by atoms with Gasteiger partial charge in [0.2, 0.25) is 0 Å². The van der Waals surface area contributed by atoms with Crippen molar-refractivity contribution < 1.29 is 0 Å². The summed E-state index contributed by atoms with van der Waals surface area (Å²) >= 11 is 0. The highest BCUT2D eigenvalue weighted by atomic mass is 15.1. The molecule has 1 heteroatoms. The lowest BCUT2D eigenvalue weighted by atomic mass is 9.76. The molecule has 62 valence electrons. The molecule has 1 nitrogen and oxygen atoms in total. The van der Waals surface area contributed by atoms with Crippen LogP contribution in [0.2, 0.25) is 0 Å². The Balaban J connectivity index is 1.90. The molecule has 0 spiro atoms. The van der Waals surface area contributed by atoms with Crippen LogP contribution in [0.4, 0.5) is 0 Å². The summed E-state index contributed by atoms with van der Waals surface area (Å²) < 4.78 is 0. The first-order valence-corrected chi connectivity index (χ1v) is 4.73. The third kappa shape index (κ3) is 1.48. The predicted octanol–water partition coefficient (Wildman–Crippen LogP) is 1.90. The van der Waals surface area contributed by atoms with Crippen molar-refractivity contribution in [3.05, 3.63) is 12.2 Å². The average molecular weight is 151 g/mol. The minimum atomic E-state index is 0.928. The number of hydrogen-bond donors (Lipinski definition) is 0. The third-order valence-electron chi connectivity index (χ3n) is 3.08. The summed E-state index contributed by atoms with van der Waals surface area (Å²) in [5.41, 5.74) is 0. The van der Waals surface area contributed by atoms with E-state index < -0.39 is 0 Å². The van der Waals surface area contributed by atoms with Gasteiger partial charge in [0.25, 0.3) is 0 Å². The highest BCUT2D eigenvalue weighted by Crippen LogP contribution is 2.33. The lowest BCUT2D eigenvalue weighted by Crippen LogP contribution is -2.30. The maximum atomic E-state index is 2.46. The Bertz CT molecular complexity index is 162. The predicted molar refractivity (Wildman–Crippen MR) is 47.5 cm³/mol. The Morgan fingerprint density at radius 1 is 1.09 bits per heavy atom. The van der Waals surface area contributed by atoms with Crippen molar-refractivity contribution in [2.75, 3.05) is 20.1 Å². The fourth-order valence-corrected chi connectivity index (χ4v) is 2.12. The van der Waals surface area contributed by atoms with Crippen molar-refractivity contribution in [1.82, 2.24) is 4.90 Å². The smallest absolute Gasteiger partial charge is 0.00160 e. The second-order valence-corrected chi connectivity index (χ2v) is 3.95. The summed E-state index contributed by atoms with van der Waals surface area (Å²) in [6.45, 7) is 2.60. The van der Waals surface area contributed by atoms with Gasteiger partial charge in [-0.25, -0.2) is 0 Å². The van der Waals surface area contributed by atoms with Gasteiger partial charge in [-0.05, 0) is 51.2 Å². The van der Waals surface area contributed by atoms with Gasteiger partial charge in [-0.3, -0.25) is 0 Å². The second kappa shape index (κ2) is 2.98. The van der Waals surface area contributed by atoms with Gasteiger partial charge < -0.3 is 4.90 Å². The fourth-order valence-electron chi connectivity index (χ4n) is 2.12. The topological polar surface area (TPSA) is 3.24 Å². The van der Waals surface area contributed by atoms with E-state index in [1.54, 1.807) is 0 Å². The van der Waals surface area contributed by atoms with Crippen molar-refractivity contribution >= 4 is 0 Å². The summed E-state index contributed by atoms with van der Waals surface area (Å²) in [5, 5.41) is 0. The maximum absolute atomic E-state index is 2.46. The molecule has 0 aromatic carbocycles. The molecule has 1 fully saturated rings. The number of likely N-dealkylation sites (tertiary alicyclic amines) is 1. The van der Waals surface area contributed by atoms with E-state index in [-0.39, 0.29) is 0 Å². The molecule has 1 saturated heterocycles. The van der Waals surface area contributed by atoms with Gasteiger partial charge in [-0.15, -0.1) is 0 Å². The average Bonchev–Trinajstić information content (AvgIpc) is 1.94. The zero-order valence-corrected chi connectivity index (χ0v) is 7.29. The van der Waals surface area contributed by atoms with E-state index in [4.69, 9.17) is 0 Å². The lowest BCUT2D eigenvalue weighted by Gasteiger charge is -2.34. The molecule has 1 heterocycles. The van der Waals surface area contributed by atoms with Crippen molar-refractivity contribution in [2.24, 2.45) is 11.8 Å². The van der Waals surface area contributed by atoms with Gasteiger partial charge in [-0.1, -0.05) is 12.2 Å². The molecule has 0 saturated carbocycles.